The minimum Gasteiger partial charge on any atom is -0.383 e. The van der Waals surface area contributed by atoms with E-state index in [0.717, 1.165) is 6.26 Å². The van der Waals surface area contributed by atoms with Crippen LogP contribution in [-0.2, 0) is 14.6 Å². The topological polar surface area (TPSA) is 98.5 Å². The lowest BCUT2D eigenvalue weighted by Gasteiger charge is -2.08. The van der Waals surface area contributed by atoms with Crippen molar-refractivity contribution in [3.8, 4) is 0 Å². The molecule has 0 aromatic heterocycles. The fraction of sp³-hybridized carbons (Fsp3) is 0.455. The van der Waals surface area contributed by atoms with Crippen molar-refractivity contribution in [2.24, 2.45) is 0 Å². The van der Waals surface area contributed by atoms with Crippen LogP contribution in [-0.4, -0.2) is 39.4 Å². The van der Waals surface area contributed by atoms with E-state index in [0.29, 0.717) is 25.4 Å². The number of hydrogen-bond acceptors (Lipinski definition) is 6. The Morgan fingerprint density at radius 3 is 2.63 bits per heavy atom. The zero-order valence-corrected chi connectivity index (χ0v) is 11.6. The first-order valence-electron chi connectivity index (χ1n) is 5.66. The van der Waals surface area contributed by atoms with Crippen LogP contribution in [0, 0.1) is 10.1 Å². The Morgan fingerprint density at radius 1 is 1.42 bits per heavy atom. The van der Waals surface area contributed by atoms with E-state index in [1.807, 2.05) is 6.92 Å². The van der Waals surface area contributed by atoms with Gasteiger partial charge in [0.1, 0.15) is 4.90 Å². The molecule has 7 nitrogen and oxygen atoms in total. The lowest BCUT2D eigenvalue weighted by Crippen LogP contribution is -2.10. The van der Waals surface area contributed by atoms with Gasteiger partial charge in [0.25, 0.3) is 5.69 Å². The molecule has 0 unspecified atom stereocenters. The van der Waals surface area contributed by atoms with E-state index in [-0.39, 0.29) is 4.90 Å². The van der Waals surface area contributed by atoms with Gasteiger partial charge in [0, 0.05) is 31.2 Å². The normalized spacial score (nSPS) is 11.3. The first-order chi connectivity index (χ1) is 8.86. The van der Waals surface area contributed by atoms with Crippen molar-refractivity contribution in [3.05, 3.63) is 28.3 Å². The number of ether oxygens (including phenoxy) is 1. The summed E-state index contributed by atoms with van der Waals surface area (Å²) in [4.78, 5) is 9.78. The van der Waals surface area contributed by atoms with E-state index in [1.165, 1.54) is 18.2 Å². The average molecular weight is 288 g/mol. The number of nitrogens with zero attached hydrogens (tertiary/aromatic N) is 1. The van der Waals surface area contributed by atoms with Gasteiger partial charge in [0.05, 0.1) is 11.5 Å². The molecule has 0 aliphatic carbocycles. The SMILES string of the molecule is CCOCCNc1ccc([N+](=O)[O-])c(S(C)(=O)=O)c1. The highest BCUT2D eigenvalue weighted by molar-refractivity contribution is 7.90. The highest BCUT2D eigenvalue weighted by atomic mass is 32.2. The number of nitro groups is 1. The van der Waals surface area contributed by atoms with Crippen LogP contribution in [0.3, 0.4) is 0 Å². The summed E-state index contributed by atoms with van der Waals surface area (Å²) < 4.78 is 28.2. The number of hydrogen-bond donors (Lipinski definition) is 1. The van der Waals surface area contributed by atoms with Gasteiger partial charge < -0.3 is 10.1 Å². The van der Waals surface area contributed by atoms with Gasteiger partial charge >= 0.3 is 0 Å². The van der Waals surface area contributed by atoms with Gasteiger partial charge in [-0.05, 0) is 19.1 Å². The van der Waals surface area contributed by atoms with Crippen molar-refractivity contribution in [1.29, 1.82) is 0 Å². The quantitative estimate of drug-likeness (QED) is 0.463. The van der Waals surface area contributed by atoms with Crippen LogP contribution in [0.25, 0.3) is 0 Å². The van der Waals surface area contributed by atoms with Crippen LogP contribution in [0.5, 0.6) is 0 Å². The Hall–Kier alpha value is -1.67. The monoisotopic (exact) mass is 288 g/mol. The molecule has 0 spiro atoms. The molecule has 0 aliphatic heterocycles. The third-order valence-electron chi connectivity index (χ3n) is 2.34. The van der Waals surface area contributed by atoms with Gasteiger partial charge in [-0.15, -0.1) is 0 Å². The van der Waals surface area contributed by atoms with Crippen LogP contribution >= 0.6 is 0 Å². The Balaban J connectivity index is 2.96. The summed E-state index contributed by atoms with van der Waals surface area (Å²) in [5.41, 5.74) is 0.0867. The summed E-state index contributed by atoms with van der Waals surface area (Å²) in [5.74, 6) is 0. The number of nitro benzene ring substituents is 1. The Bertz CT molecular complexity index is 556. The van der Waals surface area contributed by atoms with E-state index in [1.54, 1.807) is 0 Å². The van der Waals surface area contributed by atoms with E-state index >= 15 is 0 Å². The molecule has 0 amide bonds. The molecular weight excluding hydrogens is 272 g/mol. The summed E-state index contributed by atoms with van der Waals surface area (Å²) in [6.45, 7) is 3.43. The molecule has 8 heteroatoms. The van der Waals surface area contributed by atoms with Crippen LogP contribution < -0.4 is 5.32 Å². The predicted octanol–water partition coefficient (Wildman–Crippen LogP) is 1.45. The minimum absolute atomic E-state index is 0.293. The molecule has 19 heavy (non-hydrogen) atoms. The lowest BCUT2D eigenvalue weighted by atomic mass is 10.3. The number of rotatable bonds is 7. The summed E-state index contributed by atoms with van der Waals surface area (Å²) >= 11 is 0. The largest absolute Gasteiger partial charge is 0.383 e. The van der Waals surface area contributed by atoms with Gasteiger partial charge in [-0.1, -0.05) is 0 Å². The van der Waals surface area contributed by atoms with Crippen molar-refractivity contribution in [2.75, 3.05) is 31.3 Å². The molecule has 0 saturated carbocycles. The van der Waals surface area contributed by atoms with Crippen molar-refractivity contribution in [2.45, 2.75) is 11.8 Å². The highest BCUT2D eigenvalue weighted by Gasteiger charge is 2.22. The summed E-state index contributed by atoms with van der Waals surface area (Å²) in [6, 6.07) is 3.91. The van der Waals surface area contributed by atoms with Crippen molar-refractivity contribution in [3.63, 3.8) is 0 Å². The Labute approximate surface area is 111 Å². The molecular formula is C11H16N2O5S. The van der Waals surface area contributed by atoms with Crippen molar-refractivity contribution >= 4 is 21.2 Å². The first-order valence-corrected chi connectivity index (χ1v) is 7.55. The molecule has 1 aromatic carbocycles. The van der Waals surface area contributed by atoms with Gasteiger partial charge in [0.15, 0.2) is 9.84 Å². The second kappa shape index (κ2) is 6.48. The third kappa shape index (κ3) is 4.49. The van der Waals surface area contributed by atoms with Gasteiger partial charge in [0.2, 0.25) is 0 Å². The molecule has 0 fully saturated rings. The molecule has 0 atom stereocenters. The number of anilines is 1. The maximum Gasteiger partial charge on any atom is 0.288 e. The maximum absolute atomic E-state index is 11.5. The van der Waals surface area contributed by atoms with Crippen LogP contribution in [0.15, 0.2) is 23.1 Å². The molecule has 106 valence electrons. The number of benzene rings is 1. The zero-order chi connectivity index (χ0) is 14.5. The molecule has 1 aromatic rings. The predicted molar refractivity (Wildman–Crippen MR) is 71.2 cm³/mol. The fourth-order valence-corrected chi connectivity index (χ4v) is 2.35. The Kier molecular flexibility index (Phi) is 5.25. The second-order valence-corrected chi connectivity index (χ2v) is 5.82. The maximum atomic E-state index is 11.5. The highest BCUT2D eigenvalue weighted by Crippen LogP contribution is 2.26. The van der Waals surface area contributed by atoms with E-state index in [2.05, 4.69) is 5.32 Å². The molecule has 1 rings (SSSR count). The number of nitrogens with one attached hydrogen (secondary N) is 1. The van der Waals surface area contributed by atoms with E-state index in [9.17, 15) is 18.5 Å². The lowest BCUT2D eigenvalue weighted by molar-refractivity contribution is -0.387. The third-order valence-corrected chi connectivity index (χ3v) is 3.46. The molecule has 0 radical (unpaired) electrons. The molecule has 0 bridgehead atoms. The van der Waals surface area contributed by atoms with Crippen LogP contribution in [0.4, 0.5) is 11.4 Å². The number of sulfone groups is 1. The molecule has 0 aliphatic rings. The zero-order valence-electron chi connectivity index (χ0n) is 10.8. The van der Waals surface area contributed by atoms with Gasteiger partial charge in [-0.3, -0.25) is 10.1 Å². The van der Waals surface area contributed by atoms with E-state index in [4.69, 9.17) is 4.74 Å². The summed E-state index contributed by atoms with van der Waals surface area (Å²) in [6.07, 6.45) is 0.944. The van der Waals surface area contributed by atoms with E-state index < -0.39 is 20.4 Å². The first kappa shape index (κ1) is 15.4. The standard InChI is InChI=1S/C11H16N2O5S/c1-3-18-7-6-12-9-4-5-10(13(14)15)11(8-9)19(2,16)17/h4-5,8,12H,3,6-7H2,1-2H3. The molecule has 0 saturated heterocycles. The summed E-state index contributed by atoms with van der Waals surface area (Å²) in [5, 5.41) is 13.7. The van der Waals surface area contributed by atoms with Crippen molar-refractivity contribution in [1.82, 2.24) is 0 Å². The van der Waals surface area contributed by atoms with Crippen molar-refractivity contribution < 1.29 is 18.1 Å². The van der Waals surface area contributed by atoms with Crippen LogP contribution in [0.1, 0.15) is 6.92 Å². The second-order valence-electron chi connectivity index (χ2n) is 3.84. The smallest absolute Gasteiger partial charge is 0.288 e. The minimum atomic E-state index is -3.65. The Morgan fingerprint density at radius 2 is 2.11 bits per heavy atom. The average Bonchev–Trinajstić information content (AvgIpc) is 2.33. The van der Waals surface area contributed by atoms with Gasteiger partial charge in [-0.25, -0.2) is 8.42 Å². The van der Waals surface area contributed by atoms with Crippen LogP contribution in [0.2, 0.25) is 0 Å². The molecule has 1 N–H and O–H groups in total. The summed E-state index contributed by atoms with van der Waals surface area (Å²) in [7, 11) is -3.65. The fourth-order valence-electron chi connectivity index (χ4n) is 1.48. The molecule has 0 heterocycles. The van der Waals surface area contributed by atoms with Gasteiger partial charge in [-0.2, -0.15) is 0 Å².